The van der Waals surface area contributed by atoms with Crippen LogP contribution < -0.4 is 10.1 Å². The molecule has 42 heavy (non-hydrogen) atoms. The third-order valence-corrected chi connectivity index (χ3v) is 7.35. The van der Waals surface area contributed by atoms with Crippen LogP contribution in [0, 0.1) is 0 Å². The molecule has 0 saturated heterocycles. The van der Waals surface area contributed by atoms with Gasteiger partial charge in [-0.25, -0.2) is 4.79 Å². The molecule has 0 spiro atoms. The van der Waals surface area contributed by atoms with E-state index in [9.17, 15) is 24.6 Å². The first-order chi connectivity index (χ1) is 20.3. The Hall–Kier alpha value is -4.53. The lowest BCUT2D eigenvalue weighted by molar-refractivity contribution is -0.121. The molecule has 3 aromatic rings. The van der Waals surface area contributed by atoms with E-state index in [2.05, 4.69) is 5.32 Å². The maximum atomic E-state index is 13.5. The summed E-state index contributed by atoms with van der Waals surface area (Å²) in [5.41, 5.74) is 0.854. The number of phenolic OH excluding ortho intramolecular Hbond substituents is 2. The minimum atomic E-state index is -0.814. The van der Waals surface area contributed by atoms with Crippen LogP contribution in [0.25, 0.3) is 6.08 Å². The number of allylic oxidation sites excluding steroid dienone is 1. The zero-order valence-electron chi connectivity index (χ0n) is 23.9. The second-order valence-electron chi connectivity index (χ2n) is 10.4. The van der Waals surface area contributed by atoms with Crippen LogP contribution in [0.4, 0.5) is 0 Å². The van der Waals surface area contributed by atoms with Gasteiger partial charge < -0.3 is 29.4 Å². The van der Waals surface area contributed by atoms with Gasteiger partial charge in [0.15, 0.2) is 0 Å². The fourth-order valence-electron chi connectivity index (χ4n) is 5.10. The number of phenols is 2. The van der Waals surface area contributed by atoms with E-state index in [0.717, 1.165) is 0 Å². The fourth-order valence-corrected chi connectivity index (χ4v) is 5.10. The number of amides is 1. The molecule has 1 aromatic heterocycles. The fraction of sp³-hybridized carbons (Fsp3) is 0.364. The van der Waals surface area contributed by atoms with E-state index in [-0.39, 0.29) is 47.1 Å². The van der Waals surface area contributed by atoms with Crippen molar-refractivity contribution in [3.05, 3.63) is 82.8 Å². The van der Waals surface area contributed by atoms with Gasteiger partial charge in [-0.1, -0.05) is 24.3 Å². The third-order valence-electron chi connectivity index (χ3n) is 7.35. The van der Waals surface area contributed by atoms with Crippen molar-refractivity contribution in [2.75, 3.05) is 7.11 Å². The molecule has 9 nitrogen and oxygen atoms in total. The molecular formula is C33H37NO8. The Morgan fingerprint density at radius 1 is 1.12 bits per heavy atom. The average Bonchev–Trinajstić information content (AvgIpc) is 3.48. The summed E-state index contributed by atoms with van der Waals surface area (Å²) in [5, 5.41) is 25.7. The highest BCUT2D eigenvalue weighted by molar-refractivity contribution is 5.98. The Balaban J connectivity index is 1.75. The van der Waals surface area contributed by atoms with Gasteiger partial charge in [0.1, 0.15) is 34.4 Å². The van der Waals surface area contributed by atoms with Crippen molar-refractivity contribution in [3.63, 3.8) is 0 Å². The highest BCUT2D eigenvalue weighted by Gasteiger charge is 2.31. The van der Waals surface area contributed by atoms with Crippen LogP contribution in [-0.4, -0.2) is 41.1 Å². The number of carbonyl (C=O) groups is 3. The summed E-state index contributed by atoms with van der Waals surface area (Å²) < 4.78 is 16.3. The van der Waals surface area contributed by atoms with Gasteiger partial charge in [0, 0.05) is 30.7 Å². The number of carbonyl (C=O) groups excluding carboxylic acids is 3. The minimum Gasteiger partial charge on any atom is -0.507 e. The zero-order chi connectivity index (χ0) is 30.1. The SMILES string of the molecule is COc1ccc(C(CC(=O)NCc2ccco2)c2c(O)cc3c(c2O)C(=O)OC(C)CCCC(=O)CCCC=C3)cc1. The molecule has 2 unspecified atom stereocenters. The number of fused-ring (bicyclic) bond motifs is 1. The van der Waals surface area contributed by atoms with E-state index in [1.165, 1.54) is 19.4 Å². The highest BCUT2D eigenvalue weighted by Crippen LogP contribution is 2.44. The molecule has 4 rings (SSSR count). The Labute approximate surface area is 245 Å². The van der Waals surface area contributed by atoms with Crippen LogP contribution in [0.5, 0.6) is 17.2 Å². The molecule has 0 fully saturated rings. The van der Waals surface area contributed by atoms with E-state index in [0.29, 0.717) is 55.6 Å². The van der Waals surface area contributed by atoms with Crippen LogP contribution in [0.1, 0.15) is 90.6 Å². The Kier molecular flexibility index (Phi) is 10.4. The lowest BCUT2D eigenvalue weighted by Gasteiger charge is -2.23. The van der Waals surface area contributed by atoms with Crippen molar-refractivity contribution in [2.24, 2.45) is 0 Å². The van der Waals surface area contributed by atoms with Crippen molar-refractivity contribution in [2.45, 2.75) is 70.4 Å². The number of esters is 1. The summed E-state index contributed by atoms with van der Waals surface area (Å²) in [6.07, 6.45) is 7.56. The van der Waals surface area contributed by atoms with Gasteiger partial charge in [-0.3, -0.25) is 9.59 Å². The number of Topliss-reactive ketones (excluding diaryl/α,β-unsaturated/α-hetero) is 1. The van der Waals surface area contributed by atoms with Crippen LogP contribution in [0.2, 0.25) is 0 Å². The number of ether oxygens (including phenoxy) is 2. The minimum absolute atomic E-state index is 0.0387. The van der Waals surface area contributed by atoms with Gasteiger partial charge in [0.2, 0.25) is 5.91 Å². The normalized spacial score (nSPS) is 17.0. The van der Waals surface area contributed by atoms with E-state index in [1.807, 2.05) is 0 Å². The molecule has 2 aromatic carbocycles. The lowest BCUT2D eigenvalue weighted by Crippen LogP contribution is -2.25. The molecule has 0 saturated carbocycles. The van der Waals surface area contributed by atoms with Gasteiger partial charge in [0.25, 0.3) is 0 Å². The molecule has 222 valence electrons. The second-order valence-corrected chi connectivity index (χ2v) is 10.4. The first-order valence-corrected chi connectivity index (χ1v) is 14.2. The molecule has 0 bridgehead atoms. The number of hydrogen-bond acceptors (Lipinski definition) is 8. The topological polar surface area (TPSA) is 135 Å². The zero-order valence-corrected chi connectivity index (χ0v) is 23.9. The smallest absolute Gasteiger partial charge is 0.342 e. The summed E-state index contributed by atoms with van der Waals surface area (Å²) in [6.45, 7) is 1.91. The van der Waals surface area contributed by atoms with Crippen LogP contribution in [-0.2, 0) is 20.9 Å². The number of furan rings is 1. The molecule has 1 amide bonds. The largest absolute Gasteiger partial charge is 0.507 e. The van der Waals surface area contributed by atoms with Crippen LogP contribution in [0.3, 0.4) is 0 Å². The van der Waals surface area contributed by atoms with E-state index in [4.69, 9.17) is 13.9 Å². The number of hydrogen-bond donors (Lipinski definition) is 3. The molecule has 9 heteroatoms. The van der Waals surface area contributed by atoms with Crippen LogP contribution in [0.15, 0.2) is 59.2 Å². The van der Waals surface area contributed by atoms with Gasteiger partial charge in [0.05, 0.1) is 26.0 Å². The van der Waals surface area contributed by atoms with Gasteiger partial charge in [-0.15, -0.1) is 0 Å². The maximum Gasteiger partial charge on any atom is 0.342 e. The number of methoxy groups -OCH3 is 1. The van der Waals surface area contributed by atoms with Crippen molar-refractivity contribution < 1.29 is 38.5 Å². The first kappa shape index (κ1) is 30.4. The maximum absolute atomic E-state index is 13.5. The predicted molar refractivity (Wildman–Crippen MR) is 156 cm³/mol. The summed E-state index contributed by atoms with van der Waals surface area (Å²) in [7, 11) is 1.54. The standard InChI is InChI=1S/C33H37NO8/c1-21-8-6-11-24(35)10-5-3-4-9-23-18-28(36)31(32(38)30(23)33(39)42-21)27(22-13-15-25(40-2)16-14-22)19-29(37)34-20-26-12-7-17-41-26/h4,7,9,12-18,21,27,36,38H,3,5-6,8,10-11,19-20H2,1-2H3,(H,34,37). The number of cyclic esters (lactones) is 1. The molecular weight excluding hydrogens is 538 g/mol. The Bertz CT molecular complexity index is 1410. The van der Waals surface area contributed by atoms with Gasteiger partial charge >= 0.3 is 5.97 Å². The molecule has 2 atom stereocenters. The van der Waals surface area contributed by atoms with Crippen LogP contribution >= 0.6 is 0 Å². The number of nitrogens with one attached hydrogen (secondary N) is 1. The molecule has 3 N–H and O–H groups in total. The van der Waals surface area contributed by atoms with E-state index in [1.54, 1.807) is 55.5 Å². The quantitative estimate of drug-likeness (QED) is 0.291. The van der Waals surface area contributed by atoms with Crippen molar-refractivity contribution in [1.82, 2.24) is 5.32 Å². The Morgan fingerprint density at radius 3 is 2.60 bits per heavy atom. The summed E-state index contributed by atoms with van der Waals surface area (Å²) in [6, 6.07) is 11.8. The van der Waals surface area contributed by atoms with Gasteiger partial charge in [-0.05, 0) is 74.1 Å². The third kappa shape index (κ3) is 7.81. The predicted octanol–water partition coefficient (Wildman–Crippen LogP) is 6.02. The molecule has 1 aliphatic rings. The van der Waals surface area contributed by atoms with Crippen molar-refractivity contribution in [3.8, 4) is 17.2 Å². The first-order valence-electron chi connectivity index (χ1n) is 14.2. The highest BCUT2D eigenvalue weighted by atomic mass is 16.5. The van der Waals surface area contributed by atoms with Gasteiger partial charge in [-0.2, -0.15) is 0 Å². The monoisotopic (exact) mass is 575 g/mol. The number of rotatable bonds is 7. The average molecular weight is 576 g/mol. The summed E-state index contributed by atoms with van der Waals surface area (Å²) >= 11 is 0. The molecule has 0 radical (unpaired) electrons. The summed E-state index contributed by atoms with van der Waals surface area (Å²) in [5.74, 6) is -1.28. The summed E-state index contributed by atoms with van der Waals surface area (Å²) in [4.78, 5) is 38.7. The Morgan fingerprint density at radius 2 is 1.88 bits per heavy atom. The number of benzene rings is 2. The molecule has 1 aliphatic heterocycles. The second kappa shape index (κ2) is 14.4. The lowest BCUT2D eigenvalue weighted by atomic mass is 9.84. The molecule has 2 heterocycles. The van der Waals surface area contributed by atoms with E-state index >= 15 is 0 Å². The van der Waals surface area contributed by atoms with Crippen molar-refractivity contribution in [1.29, 1.82) is 0 Å². The van der Waals surface area contributed by atoms with E-state index < -0.39 is 23.7 Å². The molecule has 0 aliphatic carbocycles. The van der Waals surface area contributed by atoms with Crippen molar-refractivity contribution >= 4 is 23.7 Å². The number of aromatic hydroxyl groups is 2. The number of ketones is 1.